The number of ether oxygens (including phenoxy) is 1. The Morgan fingerprint density at radius 1 is 1.38 bits per heavy atom. The molecule has 24 heavy (non-hydrogen) atoms. The van der Waals surface area contributed by atoms with Crippen LogP contribution in [0, 0.1) is 5.92 Å². The fraction of sp³-hybridized carbons (Fsp3) is 0.600. The molecule has 0 unspecified atom stereocenters. The minimum atomic E-state index is -4.25. The summed E-state index contributed by atoms with van der Waals surface area (Å²) < 4.78 is 46.3. The van der Waals surface area contributed by atoms with Gasteiger partial charge in [-0.3, -0.25) is 4.68 Å². The third-order valence-corrected chi connectivity index (χ3v) is 4.21. The van der Waals surface area contributed by atoms with Crippen molar-refractivity contribution in [1.29, 1.82) is 0 Å². The zero-order valence-electron chi connectivity index (χ0n) is 13.3. The predicted molar refractivity (Wildman–Crippen MR) is 80.0 cm³/mol. The van der Waals surface area contributed by atoms with Crippen molar-refractivity contribution >= 4 is 0 Å². The summed E-state index contributed by atoms with van der Waals surface area (Å²) in [6.07, 6.45) is 1.08. The van der Waals surface area contributed by atoms with Gasteiger partial charge in [-0.15, -0.1) is 0 Å². The molecule has 0 radical (unpaired) electrons. The van der Waals surface area contributed by atoms with Crippen LogP contribution in [0.15, 0.2) is 24.7 Å². The van der Waals surface area contributed by atoms with Gasteiger partial charge in [0.25, 0.3) is 0 Å². The van der Waals surface area contributed by atoms with Gasteiger partial charge in [-0.05, 0) is 12.5 Å². The number of alkyl halides is 3. The number of nitrogens with one attached hydrogen (secondary N) is 1. The lowest BCUT2D eigenvalue weighted by Gasteiger charge is -2.19. The van der Waals surface area contributed by atoms with Crippen molar-refractivity contribution < 1.29 is 17.9 Å². The topological polar surface area (TPSA) is 56.9 Å². The van der Waals surface area contributed by atoms with E-state index in [9.17, 15) is 13.2 Å². The van der Waals surface area contributed by atoms with Crippen LogP contribution in [0.3, 0.4) is 0 Å². The molecule has 0 aliphatic carbocycles. The summed E-state index contributed by atoms with van der Waals surface area (Å²) in [5.41, 5.74) is 1.01. The van der Waals surface area contributed by atoms with E-state index in [1.165, 1.54) is 12.4 Å². The van der Waals surface area contributed by atoms with E-state index in [1.807, 2.05) is 13.1 Å². The highest BCUT2D eigenvalue weighted by Crippen LogP contribution is 2.33. The number of aromatic nitrogens is 4. The largest absolute Gasteiger partial charge is 0.406 e. The molecule has 0 bridgehead atoms. The molecule has 1 fully saturated rings. The number of nitrogens with zero attached hydrogens (tertiary/aromatic N) is 4. The molecule has 3 heterocycles. The van der Waals surface area contributed by atoms with Gasteiger partial charge in [-0.25, -0.2) is 4.98 Å². The van der Waals surface area contributed by atoms with Crippen molar-refractivity contribution in [3.05, 3.63) is 36.2 Å². The molecule has 1 aliphatic rings. The smallest absolute Gasteiger partial charge is 0.372 e. The zero-order chi connectivity index (χ0) is 17.2. The van der Waals surface area contributed by atoms with E-state index in [4.69, 9.17) is 4.74 Å². The van der Waals surface area contributed by atoms with E-state index < -0.39 is 12.7 Å². The number of aryl methyl sites for hydroxylation is 1. The normalized spacial score (nSPS) is 21.5. The van der Waals surface area contributed by atoms with Crippen molar-refractivity contribution in [2.24, 2.45) is 13.0 Å². The minimum Gasteiger partial charge on any atom is -0.372 e. The molecule has 9 heteroatoms. The highest BCUT2D eigenvalue weighted by Gasteiger charge is 2.32. The maximum absolute atomic E-state index is 12.5. The summed E-state index contributed by atoms with van der Waals surface area (Å²) in [6.45, 7) is 0.589. The molecule has 0 spiro atoms. The van der Waals surface area contributed by atoms with E-state index in [1.54, 1.807) is 10.9 Å². The Hall–Kier alpha value is -1.87. The van der Waals surface area contributed by atoms with Crippen molar-refractivity contribution in [1.82, 2.24) is 24.6 Å². The SMILES string of the molecule is Cn1nccc1[C@@H]1OCC[C@H]1CNCc1nccn1CC(F)(F)F. The van der Waals surface area contributed by atoms with Crippen LogP contribution in [-0.4, -0.2) is 38.7 Å². The third-order valence-electron chi connectivity index (χ3n) is 4.21. The van der Waals surface area contributed by atoms with Crippen molar-refractivity contribution in [3.63, 3.8) is 0 Å². The highest BCUT2D eigenvalue weighted by atomic mass is 19.4. The second kappa shape index (κ2) is 6.94. The van der Waals surface area contributed by atoms with E-state index >= 15 is 0 Å². The summed E-state index contributed by atoms with van der Waals surface area (Å²) >= 11 is 0. The van der Waals surface area contributed by atoms with Crippen molar-refractivity contribution in [3.8, 4) is 0 Å². The number of hydrogen-bond donors (Lipinski definition) is 1. The van der Waals surface area contributed by atoms with E-state index in [0.717, 1.165) is 16.7 Å². The van der Waals surface area contributed by atoms with Gasteiger partial charge in [0.2, 0.25) is 0 Å². The summed E-state index contributed by atoms with van der Waals surface area (Å²) in [7, 11) is 1.87. The fourth-order valence-electron chi connectivity index (χ4n) is 3.05. The number of halogens is 3. The average molecular weight is 343 g/mol. The van der Waals surface area contributed by atoms with Crippen molar-refractivity contribution in [2.45, 2.75) is 31.8 Å². The first-order valence-corrected chi connectivity index (χ1v) is 7.81. The Labute approximate surface area is 137 Å². The van der Waals surface area contributed by atoms with Crippen LogP contribution in [0.2, 0.25) is 0 Å². The molecule has 2 aromatic rings. The Morgan fingerprint density at radius 2 is 2.21 bits per heavy atom. The minimum absolute atomic E-state index is 0.0417. The van der Waals surface area contributed by atoms with Gasteiger partial charge < -0.3 is 14.6 Å². The quantitative estimate of drug-likeness (QED) is 0.872. The van der Waals surface area contributed by atoms with Gasteiger partial charge >= 0.3 is 6.18 Å². The second-order valence-electron chi connectivity index (χ2n) is 5.94. The maximum Gasteiger partial charge on any atom is 0.406 e. The Balaban J connectivity index is 1.55. The Bertz CT molecular complexity index is 666. The van der Waals surface area contributed by atoms with Crippen LogP contribution < -0.4 is 5.32 Å². The van der Waals surface area contributed by atoms with E-state index in [0.29, 0.717) is 19.0 Å². The highest BCUT2D eigenvalue weighted by molar-refractivity contribution is 5.07. The Morgan fingerprint density at radius 3 is 2.92 bits per heavy atom. The molecule has 1 saturated heterocycles. The average Bonchev–Trinajstić information content (AvgIpc) is 3.20. The molecule has 0 saturated carbocycles. The maximum atomic E-state index is 12.5. The molecular weight excluding hydrogens is 323 g/mol. The van der Waals surface area contributed by atoms with Crippen molar-refractivity contribution in [2.75, 3.05) is 13.2 Å². The van der Waals surface area contributed by atoms with Gasteiger partial charge in [-0.2, -0.15) is 18.3 Å². The predicted octanol–water partition coefficient (Wildman–Crippen LogP) is 2.05. The lowest BCUT2D eigenvalue weighted by Crippen LogP contribution is -2.27. The molecule has 2 atom stereocenters. The first-order valence-electron chi connectivity index (χ1n) is 7.81. The molecule has 132 valence electrons. The summed E-state index contributed by atoms with van der Waals surface area (Å²) in [5.74, 6) is 0.634. The standard InChI is InChI=1S/C15H20F3N5O/c1-22-12(2-4-21-22)14-11(3-7-24-14)8-19-9-13-20-5-6-23(13)10-15(16,17)18/h2,4-6,11,14,19H,3,7-10H2,1H3/t11-,14+/m0/s1. The monoisotopic (exact) mass is 343 g/mol. The number of imidazole rings is 1. The van der Waals surface area contributed by atoms with Crippen LogP contribution in [0.5, 0.6) is 0 Å². The second-order valence-corrected chi connectivity index (χ2v) is 5.94. The van der Waals surface area contributed by atoms with E-state index in [2.05, 4.69) is 15.4 Å². The molecule has 6 nitrogen and oxygen atoms in total. The third kappa shape index (κ3) is 3.96. The van der Waals surface area contributed by atoms with Crippen LogP contribution >= 0.6 is 0 Å². The molecule has 3 rings (SSSR count). The lowest BCUT2D eigenvalue weighted by atomic mass is 9.99. The molecule has 0 aromatic carbocycles. The summed E-state index contributed by atoms with van der Waals surface area (Å²) in [5, 5.41) is 7.37. The van der Waals surface area contributed by atoms with Gasteiger partial charge in [0.1, 0.15) is 18.5 Å². The fourth-order valence-corrected chi connectivity index (χ4v) is 3.05. The molecular formula is C15H20F3N5O. The summed E-state index contributed by atoms with van der Waals surface area (Å²) in [6, 6.07) is 1.93. The van der Waals surface area contributed by atoms with Gasteiger partial charge in [0.15, 0.2) is 0 Å². The number of hydrogen-bond acceptors (Lipinski definition) is 4. The Kier molecular flexibility index (Phi) is 4.91. The molecule has 2 aromatic heterocycles. The first-order chi connectivity index (χ1) is 11.4. The van der Waals surface area contributed by atoms with Gasteiger partial charge in [0, 0.05) is 44.7 Å². The number of rotatable bonds is 6. The molecule has 0 amide bonds. The molecule has 1 N–H and O–H groups in total. The van der Waals surface area contributed by atoms with Gasteiger partial charge in [0.05, 0.1) is 12.2 Å². The van der Waals surface area contributed by atoms with Gasteiger partial charge in [-0.1, -0.05) is 0 Å². The zero-order valence-corrected chi connectivity index (χ0v) is 13.3. The first kappa shape index (κ1) is 17.0. The summed E-state index contributed by atoms with van der Waals surface area (Å²) in [4.78, 5) is 4.00. The van der Waals surface area contributed by atoms with E-state index in [-0.39, 0.29) is 18.6 Å². The van der Waals surface area contributed by atoms with Crippen LogP contribution in [-0.2, 0) is 24.9 Å². The van der Waals surface area contributed by atoms with Crippen LogP contribution in [0.4, 0.5) is 13.2 Å². The lowest BCUT2D eigenvalue weighted by molar-refractivity contribution is -0.141. The van der Waals surface area contributed by atoms with Crippen LogP contribution in [0.1, 0.15) is 24.0 Å². The van der Waals surface area contributed by atoms with Crippen LogP contribution in [0.25, 0.3) is 0 Å². The molecule has 1 aliphatic heterocycles.